The Bertz CT molecular complexity index is 1020. The molecule has 3 rings (SSSR count). The molecule has 0 aliphatic carbocycles. The number of nitrogens with one attached hydrogen (secondary N) is 2. The van der Waals surface area contributed by atoms with E-state index in [0.29, 0.717) is 17.9 Å². The van der Waals surface area contributed by atoms with E-state index in [0.717, 1.165) is 0 Å². The molecule has 9 heteroatoms. The standard InChI is InChI=1S/C20H16Cl2N4O3/c1-2-29-19(28)12-6-8-13(9-7-12)24-20-23-11-10-16(26-20)25-18(27)17-14(21)4-3-5-15(17)22/h3-11H,2H2,1H3,(H2,23,24,25,26,27). The van der Waals surface area contributed by atoms with Crippen molar-refractivity contribution < 1.29 is 14.3 Å². The zero-order chi connectivity index (χ0) is 20.8. The van der Waals surface area contributed by atoms with Crippen LogP contribution in [0.5, 0.6) is 0 Å². The van der Waals surface area contributed by atoms with Crippen molar-refractivity contribution in [2.75, 3.05) is 17.2 Å². The Morgan fingerprint density at radius 2 is 1.72 bits per heavy atom. The van der Waals surface area contributed by atoms with Crippen LogP contribution < -0.4 is 10.6 Å². The van der Waals surface area contributed by atoms with E-state index in [1.807, 2.05) is 0 Å². The molecule has 3 aromatic rings. The monoisotopic (exact) mass is 430 g/mol. The average Bonchev–Trinajstić information content (AvgIpc) is 2.69. The molecule has 0 radical (unpaired) electrons. The van der Waals surface area contributed by atoms with Gasteiger partial charge in [-0.3, -0.25) is 4.79 Å². The van der Waals surface area contributed by atoms with Gasteiger partial charge in [-0.25, -0.2) is 9.78 Å². The van der Waals surface area contributed by atoms with E-state index >= 15 is 0 Å². The van der Waals surface area contributed by atoms with E-state index in [9.17, 15) is 9.59 Å². The van der Waals surface area contributed by atoms with Gasteiger partial charge in [-0.2, -0.15) is 4.98 Å². The molecule has 1 aromatic heterocycles. The Balaban J connectivity index is 1.71. The fourth-order valence-electron chi connectivity index (χ4n) is 2.42. The largest absolute Gasteiger partial charge is 0.462 e. The number of nitrogens with zero attached hydrogens (tertiary/aromatic N) is 2. The third kappa shape index (κ3) is 5.22. The van der Waals surface area contributed by atoms with E-state index < -0.39 is 11.9 Å². The van der Waals surface area contributed by atoms with Crippen LogP contribution in [0.4, 0.5) is 17.5 Å². The van der Waals surface area contributed by atoms with Gasteiger partial charge in [0, 0.05) is 11.9 Å². The molecule has 0 atom stereocenters. The van der Waals surface area contributed by atoms with Gasteiger partial charge in [0.25, 0.3) is 5.91 Å². The molecule has 148 valence electrons. The maximum absolute atomic E-state index is 12.5. The summed E-state index contributed by atoms with van der Waals surface area (Å²) in [7, 11) is 0. The molecule has 0 aliphatic heterocycles. The zero-order valence-electron chi connectivity index (χ0n) is 15.3. The summed E-state index contributed by atoms with van der Waals surface area (Å²) in [6, 6.07) is 13.0. The molecule has 29 heavy (non-hydrogen) atoms. The van der Waals surface area contributed by atoms with Crippen molar-refractivity contribution in [2.24, 2.45) is 0 Å². The van der Waals surface area contributed by atoms with E-state index in [1.165, 1.54) is 12.3 Å². The van der Waals surface area contributed by atoms with Crippen molar-refractivity contribution in [3.8, 4) is 0 Å². The van der Waals surface area contributed by atoms with Crippen LogP contribution in [0, 0.1) is 0 Å². The Kier molecular flexibility index (Phi) is 6.64. The highest BCUT2D eigenvalue weighted by atomic mass is 35.5. The summed E-state index contributed by atoms with van der Waals surface area (Å²) in [5.41, 5.74) is 1.27. The Hall–Kier alpha value is -3.16. The summed E-state index contributed by atoms with van der Waals surface area (Å²) in [5.74, 6) is -0.342. The molecule has 1 heterocycles. The predicted octanol–water partition coefficient (Wildman–Crippen LogP) is 4.96. The zero-order valence-corrected chi connectivity index (χ0v) is 16.8. The van der Waals surface area contributed by atoms with E-state index in [1.54, 1.807) is 49.4 Å². The van der Waals surface area contributed by atoms with Gasteiger partial charge in [0.1, 0.15) is 5.82 Å². The van der Waals surface area contributed by atoms with Crippen molar-refractivity contribution >= 4 is 52.5 Å². The minimum absolute atomic E-state index is 0.165. The van der Waals surface area contributed by atoms with Gasteiger partial charge in [0.2, 0.25) is 5.95 Å². The highest BCUT2D eigenvalue weighted by molar-refractivity contribution is 6.40. The van der Waals surface area contributed by atoms with Crippen LogP contribution in [0.25, 0.3) is 0 Å². The number of anilines is 3. The fourth-order valence-corrected chi connectivity index (χ4v) is 2.98. The van der Waals surface area contributed by atoms with Crippen LogP contribution >= 0.6 is 23.2 Å². The van der Waals surface area contributed by atoms with E-state index in [-0.39, 0.29) is 27.4 Å². The van der Waals surface area contributed by atoms with Crippen molar-refractivity contribution in [3.63, 3.8) is 0 Å². The minimum atomic E-state index is -0.482. The van der Waals surface area contributed by atoms with Gasteiger partial charge in [-0.05, 0) is 49.4 Å². The molecule has 0 aliphatic rings. The number of halogens is 2. The van der Waals surface area contributed by atoms with E-state index in [2.05, 4.69) is 20.6 Å². The number of ether oxygens (including phenoxy) is 1. The molecule has 7 nitrogen and oxygen atoms in total. The summed E-state index contributed by atoms with van der Waals surface area (Å²) in [6.45, 7) is 2.06. The first kappa shape index (κ1) is 20.6. The number of rotatable bonds is 6. The molecule has 0 saturated heterocycles. The summed E-state index contributed by atoms with van der Waals surface area (Å²) >= 11 is 12.1. The highest BCUT2D eigenvalue weighted by Crippen LogP contribution is 2.25. The SMILES string of the molecule is CCOC(=O)c1ccc(Nc2nccc(NC(=O)c3c(Cl)cccc3Cl)n2)cc1. The summed E-state index contributed by atoms with van der Waals surface area (Å²) < 4.78 is 4.95. The molecule has 0 spiro atoms. The molecule has 0 bridgehead atoms. The number of esters is 1. The second-order valence-electron chi connectivity index (χ2n) is 5.74. The number of benzene rings is 2. The number of carbonyl (C=O) groups is 2. The fraction of sp³-hybridized carbons (Fsp3) is 0.100. The molecule has 0 fully saturated rings. The van der Waals surface area contributed by atoms with Crippen LogP contribution in [-0.4, -0.2) is 28.5 Å². The quantitative estimate of drug-likeness (QED) is 0.536. The van der Waals surface area contributed by atoms with Gasteiger partial charge in [0.05, 0.1) is 27.8 Å². The topological polar surface area (TPSA) is 93.2 Å². The van der Waals surface area contributed by atoms with Gasteiger partial charge in [0.15, 0.2) is 0 Å². The number of hydrogen-bond acceptors (Lipinski definition) is 6. The average molecular weight is 431 g/mol. The smallest absolute Gasteiger partial charge is 0.338 e. The van der Waals surface area contributed by atoms with Crippen molar-refractivity contribution in [3.05, 3.63) is 75.9 Å². The van der Waals surface area contributed by atoms with Crippen LogP contribution in [-0.2, 0) is 4.74 Å². The summed E-state index contributed by atoms with van der Waals surface area (Å²) in [6.07, 6.45) is 1.49. The second kappa shape index (κ2) is 9.36. The van der Waals surface area contributed by atoms with Crippen molar-refractivity contribution in [1.82, 2.24) is 9.97 Å². The molecular formula is C20H16Cl2N4O3. The third-order valence-corrected chi connectivity index (χ3v) is 4.37. The first-order valence-electron chi connectivity index (χ1n) is 8.60. The van der Waals surface area contributed by atoms with Crippen molar-refractivity contribution in [2.45, 2.75) is 6.92 Å². The van der Waals surface area contributed by atoms with Gasteiger partial charge < -0.3 is 15.4 Å². The van der Waals surface area contributed by atoms with Gasteiger partial charge in [-0.15, -0.1) is 0 Å². The van der Waals surface area contributed by atoms with Gasteiger partial charge in [-0.1, -0.05) is 29.3 Å². The highest BCUT2D eigenvalue weighted by Gasteiger charge is 2.15. The Morgan fingerprint density at radius 3 is 2.38 bits per heavy atom. The Labute approximate surface area is 177 Å². The lowest BCUT2D eigenvalue weighted by molar-refractivity contribution is 0.0526. The molecule has 0 unspecified atom stereocenters. The predicted molar refractivity (Wildman–Crippen MR) is 112 cm³/mol. The molecule has 2 aromatic carbocycles. The van der Waals surface area contributed by atoms with Crippen LogP contribution in [0.3, 0.4) is 0 Å². The lowest BCUT2D eigenvalue weighted by Crippen LogP contribution is -2.14. The first-order valence-corrected chi connectivity index (χ1v) is 9.36. The number of aromatic nitrogens is 2. The normalized spacial score (nSPS) is 10.3. The number of hydrogen-bond donors (Lipinski definition) is 2. The lowest BCUT2D eigenvalue weighted by Gasteiger charge is -2.10. The maximum Gasteiger partial charge on any atom is 0.338 e. The third-order valence-electron chi connectivity index (χ3n) is 3.74. The molecule has 1 amide bonds. The molecule has 0 saturated carbocycles. The number of carbonyl (C=O) groups excluding carboxylic acids is 2. The van der Waals surface area contributed by atoms with Crippen LogP contribution in [0.15, 0.2) is 54.7 Å². The second-order valence-corrected chi connectivity index (χ2v) is 6.55. The number of amides is 1. The van der Waals surface area contributed by atoms with Crippen LogP contribution in [0.2, 0.25) is 10.0 Å². The lowest BCUT2D eigenvalue weighted by atomic mass is 10.2. The van der Waals surface area contributed by atoms with Crippen LogP contribution in [0.1, 0.15) is 27.6 Å². The first-order chi connectivity index (χ1) is 14.0. The maximum atomic E-state index is 12.5. The van der Waals surface area contributed by atoms with Gasteiger partial charge >= 0.3 is 5.97 Å². The Morgan fingerprint density at radius 1 is 1.03 bits per heavy atom. The minimum Gasteiger partial charge on any atom is -0.462 e. The van der Waals surface area contributed by atoms with E-state index in [4.69, 9.17) is 27.9 Å². The molecular weight excluding hydrogens is 415 g/mol. The summed E-state index contributed by atoms with van der Waals surface area (Å²) in [4.78, 5) is 32.5. The summed E-state index contributed by atoms with van der Waals surface area (Å²) in [5, 5.41) is 6.12. The van der Waals surface area contributed by atoms with Crippen molar-refractivity contribution in [1.29, 1.82) is 0 Å². The molecule has 2 N–H and O–H groups in total.